The summed E-state index contributed by atoms with van der Waals surface area (Å²) in [5.74, 6) is -0.807. The standard InChI is InChI=1S/C9H18N2O3/c1-10-8(9(12)13)5-11(2)7-3-4-14-6-7/h7-8,10H,3-6H2,1-2H3,(H,12,13). The van der Waals surface area contributed by atoms with Crippen molar-refractivity contribution in [2.75, 3.05) is 33.9 Å². The smallest absolute Gasteiger partial charge is 0.322 e. The van der Waals surface area contributed by atoms with Gasteiger partial charge in [-0.1, -0.05) is 0 Å². The number of aliphatic carboxylic acids is 1. The van der Waals surface area contributed by atoms with Crippen molar-refractivity contribution in [3.8, 4) is 0 Å². The van der Waals surface area contributed by atoms with Gasteiger partial charge in [-0.15, -0.1) is 0 Å². The largest absolute Gasteiger partial charge is 0.480 e. The van der Waals surface area contributed by atoms with Crippen molar-refractivity contribution in [1.82, 2.24) is 10.2 Å². The molecule has 14 heavy (non-hydrogen) atoms. The summed E-state index contributed by atoms with van der Waals surface area (Å²) in [4.78, 5) is 12.8. The molecule has 1 aliphatic rings. The summed E-state index contributed by atoms with van der Waals surface area (Å²) in [7, 11) is 3.60. The Morgan fingerprint density at radius 1 is 1.79 bits per heavy atom. The van der Waals surface area contributed by atoms with Crippen molar-refractivity contribution in [3.63, 3.8) is 0 Å². The average molecular weight is 202 g/mol. The fourth-order valence-corrected chi connectivity index (χ4v) is 1.60. The Labute approximate surface area is 84.0 Å². The molecule has 0 bridgehead atoms. The van der Waals surface area contributed by atoms with Crippen LogP contribution < -0.4 is 5.32 Å². The van der Waals surface area contributed by atoms with Gasteiger partial charge in [-0.05, 0) is 20.5 Å². The van der Waals surface area contributed by atoms with Crippen LogP contribution in [0.25, 0.3) is 0 Å². The Morgan fingerprint density at radius 2 is 2.50 bits per heavy atom. The van der Waals surface area contributed by atoms with Crippen molar-refractivity contribution in [3.05, 3.63) is 0 Å². The van der Waals surface area contributed by atoms with Crippen LogP contribution in [0, 0.1) is 0 Å². The van der Waals surface area contributed by atoms with Gasteiger partial charge in [-0.3, -0.25) is 9.69 Å². The molecule has 5 nitrogen and oxygen atoms in total. The number of carboxylic acids is 1. The van der Waals surface area contributed by atoms with Crippen LogP contribution >= 0.6 is 0 Å². The molecule has 82 valence electrons. The lowest BCUT2D eigenvalue weighted by molar-refractivity contribution is -0.139. The molecule has 5 heteroatoms. The monoisotopic (exact) mass is 202 g/mol. The molecule has 1 heterocycles. The topological polar surface area (TPSA) is 61.8 Å². The quantitative estimate of drug-likeness (QED) is 0.622. The molecule has 2 unspecified atom stereocenters. The van der Waals surface area contributed by atoms with E-state index in [0.29, 0.717) is 19.2 Å². The summed E-state index contributed by atoms with van der Waals surface area (Å²) in [6.07, 6.45) is 0.993. The van der Waals surface area contributed by atoms with Crippen LogP contribution in [0.1, 0.15) is 6.42 Å². The fraction of sp³-hybridized carbons (Fsp3) is 0.889. The maximum absolute atomic E-state index is 10.8. The third-order valence-corrected chi connectivity index (χ3v) is 2.65. The first-order valence-electron chi connectivity index (χ1n) is 4.83. The summed E-state index contributed by atoms with van der Waals surface area (Å²) in [5.41, 5.74) is 0. The first-order chi connectivity index (χ1) is 6.65. The lowest BCUT2D eigenvalue weighted by atomic mass is 10.2. The average Bonchev–Trinajstić information content (AvgIpc) is 2.65. The Morgan fingerprint density at radius 3 is 2.93 bits per heavy atom. The van der Waals surface area contributed by atoms with Crippen molar-refractivity contribution in [2.45, 2.75) is 18.5 Å². The molecular weight excluding hydrogens is 184 g/mol. The number of likely N-dealkylation sites (N-methyl/N-ethyl adjacent to an activating group) is 2. The van der Waals surface area contributed by atoms with E-state index >= 15 is 0 Å². The van der Waals surface area contributed by atoms with E-state index in [1.165, 1.54) is 0 Å². The first-order valence-corrected chi connectivity index (χ1v) is 4.83. The van der Waals surface area contributed by atoms with Gasteiger partial charge >= 0.3 is 5.97 Å². The van der Waals surface area contributed by atoms with Crippen LogP contribution in [0.2, 0.25) is 0 Å². The van der Waals surface area contributed by atoms with Crippen molar-refractivity contribution in [1.29, 1.82) is 0 Å². The maximum atomic E-state index is 10.8. The Hall–Kier alpha value is -0.650. The van der Waals surface area contributed by atoms with E-state index < -0.39 is 12.0 Å². The molecule has 1 saturated heterocycles. The number of ether oxygens (including phenoxy) is 1. The maximum Gasteiger partial charge on any atom is 0.322 e. The first kappa shape index (κ1) is 11.4. The Kier molecular flexibility index (Phi) is 4.31. The van der Waals surface area contributed by atoms with Gasteiger partial charge in [0.2, 0.25) is 0 Å². The second-order valence-electron chi connectivity index (χ2n) is 3.64. The predicted molar refractivity (Wildman–Crippen MR) is 52.3 cm³/mol. The summed E-state index contributed by atoms with van der Waals surface area (Å²) >= 11 is 0. The highest BCUT2D eigenvalue weighted by molar-refractivity contribution is 5.73. The zero-order valence-electron chi connectivity index (χ0n) is 8.69. The molecule has 0 aromatic rings. The van der Waals surface area contributed by atoms with Crippen LogP contribution in [0.15, 0.2) is 0 Å². The van der Waals surface area contributed by atoms with Crippen LogP contribution in [0.5, 0.6) is 0 Å². The molecular formula is C9H18N2O3. The number of hydrogen-bond donors (Lipinski definition) is 2. The van der Waals surface area contributed by atoms with Gasteiger partial charge < -0.3 is 15.2 Å². The minimum atomic E-state index is -0.807. The highest BCUT2D eigenvalue weighted by Crippen LogP contribution is 2.10. The zero-order chi connectivity index (χ0) is 10.6. The summed E-state index contributed by atoms with van der Waals surface area (Å²) in [6.45, 7) is 2.01. The van der Waals surface area contributed by atoms with Crippen molar-refractivity contribution in [2.24, 2.45) is 0 Å². The summed E-state index contributed by atoms with van der Waals surface area (Å²) < 4.78 is 5.24. The number of carbonyl (C=O) groups is 1. The molecule has 1 rings (SSSR count). The molecule has 0 aromatic heterocycles. The van der Waals surface area contributed by atoms with E-state index in [9.17, 15) is 4.79 Å². The van der Waals surface area contributed by atoms with Gasteiger partial charge in [0.05, 0.1) is 6.61 Å². The normalized spacial score (nSPS) is 24.1. The van der Waals surface area contributed by atoms with E-state index in [0.717, 1.165) is 13.0 Å². The number of hydrogen-bond acceptors (Lipinski definition) is 4. The molecule has 1 fully saturated rings. The second kappa shape index (κ2) is 5.29. The highest BCUT2D eigenvalue weighted by atomic mass is 16.5. The molecule has 0 aromatic carbocycles. The Bertz CT molecular complexity index is 192. The van der Waals surface area contributed by atoms with Gasteiger partial charge in [0.1, 0.15) is 6.04 Å². The SMILES string of the molecule is CNC(CN(C)C1CCOC1)C(=O)O. The van der Waals surface area contributed by atoms with E-state index in [4.69, 9.17) is 9.84 Å². The lowest BCUT2D eigenvalue weighted by Gasteiger charge is -2.25. The summed E-state index contributed by atoms with van der Waals surface area (Å²) in [5, 5.41) is 11.6. The van der Waals surface area contributed by atoms with Crippen molar-refractivity contribution < 1.29 is 14.6 Å². The van der Waals surface area contributed by atoms with Crippen LogP contribution in [0.4, 0.5) is 0 Å². The van der Waals surface area contributed by atoms with Gasteiger partial charge in [0.15, 0.2) is 0 Å². The molecule has 0 amide bonds. The van der Waals surface area contributed by atoms with E-state index in [1.807, 2.05) is 11.9 Å². The molecule has 1 aliphatic heterocycles. The molecule has 0 spiro atoms. The Balaban J connectivity index is 2.37. The fourth-order valence-electron chi connectivity index (χ4n) is 1.60. The third kappa shape index (κ3) is 2.94. The van der Waals surface area contributed by atoms with E-state index in [-0.39, 0.29) is 0 Å². The van der Waals surface area contributed by atoms with Gasteiger partial charge in [0.25, 0.3) is 0 Å². The third-order valence-electron chi connectivity index (χ3n) is 2.65. The van der Waals surface area contributed by atoms with Crippen molar-refractivity contribution >= 4 is 5.97 Å². The molecule has 0 aliphatic carbocycles. The minimum Gasteiger partial charge on any atom is -0.480 e. The highest BCUT2D eigenvalue weighted by Gasteiger charge is 2.24. The second-order valence-corrected chi connectivity index (χ2v) is 3.64. The predicted octanol–water partition coefficient (Wildman–Crippen LogP) is -0.620. The van der Waals surface area contributed by atoms with E-state index in [2.05, 4.69) is 5.32 Å². The molecule has 0 saturated carbocycles. The number of rotatable bonds is 5. The summed E-state index contributed by atoms with van der Waals surface area (Å²) in [6, 6.07) is -0.134. The van der Waals surface area contributed by atoms with E-state index in [1.54, 1.807) is 7.05 Å². The van der Waals surface area contributed by atoms with Gasteiger partial charge in [0, 0.05) is 19.2 Å². The number of nitrogens with zero attached hydrogens (tertiary/aromatic N) is 1. The van der Waals surface area contributed by atoms with Gasteiger partial charge in [-0.2, -0.15) is 0 Å². The van der Waals surface area contributed by atoms with Crippen LogP contribution in [-0.4, -0.2) is 61.9 Å². The van der Waals surface area contributed by atoms with Crippen LogP contribution in [-0.2, 0) is 9.53 Å². The molecule has 2 atom stereocenters. The van der Waals surface area contributed by atoms with Crippen LogP contribution in [0.3, 0.4) is 0 Å². The number of nitrogens with one attached hydrogen (secondary N) is 1. The molecule has 2 N–H and O–H groups in total. The molecule has 0 radical (unpaired) electrons. The number of carboxylic acid groups (broad SMARTS) is 1. The van der Waals surface area contributed by atoms with Gasteiger partial charge in [-0.25, -0.2) is 0 Å². The minimum absolute atomic E-state index is 0.366. The zero-order valence-corrected chi connectivity index (χ0v) is 8.69. The lowest BCUT2D eigenvalue weighted by Crippen LogP contribution is -2.46.